The van der Waals surface area contributed by atoms with Crippen molar-refractivity contribution >= 4 is 5.78 Å². The summed E-state index contributed by atoms with van der Waals surface area (Å²) in [6, 6.07) is 16.1. The van der Waals surface area contributed by atoms with Gasteiger partial charge in [-0.2, -0.15) is 0 Å². The summed E-state index contributed by atoms with van der Waals surface area (Å²) in [5.74, 6) is 0.602. The summed E-state index contributed by atoms with van der Waals surface area (Å²) in [4.78, 5) is 12.3. The van der Waals surface area contributed by atoms with Gasteiger partial charge in [0.1, 0.15) is 18.5 Å². The van der Waals surface area contributed by atoms with Gasteiger partial charge in [0.15, 0.2) is 5.78 Å². The van der Waals surface area contributed by atoms with E-state index in [1.165, 1.54) is 12.8 Å². The minimum Gasteiger partial charge on any atom is -0.491 e. The summed E-state index contributed by atoms with van der Waals surface area (Å²) in [6.45, 7) is 3.29. The number of rotatable bonds is 12. The molecule has 0 spiro atoms. The molecule has 0 aromatic heterocycles. The predicted octanol–water partition coefficient (Wildman–Crippen LogP) is 4.25. The van der Waals surface area contributed by atoms with Crippen molar-refractivity contribution in [2.45, 2.75) is 38.7 Å². The van der Waals surface area contributed by atoms with Crippen molar-refractivity contribution in [3.63, 3.8) is 0 Å². The molecule has 0 fully saturated rings. The Morgan fingerprint density at radius 1 is 0.923 bits per heavy atom. The number of ketones is 1. The molecular formula is C22H28O4. The minimum absolute atomic E-state index is 0.0198. The van der Waals surface area contributed by atoms with Gasteiger partial charge >= 0.3 is 0 Å². The van der Waals surface area contributed by atoms with Gasteiger partial charge < -0.3 is 14.6 Å². The highest BCUT2D eigenvalue weighted by atomic mass is 16.5. The summed E-state index contributed by atoms with van der Waals surface area (Å²) < 4.78 is 11.0. The van der Waals surface area contributed by atoms with Crippen LogP contribution >= 0.6 is 0 Å². The Bertz CT molecular complexity index is 637. The van der Waals surface area contributed by atoms with Gasteiger partial charge in [0.05, 0.1) is 6.61 Å². The van der Waals surface area contributed by atoms with E-state index in [2.05, 4.69) is 6.92 Å². The van der Waals surface area contributed by atoms with E-state index in [0.717, 1.165) is 12.8 Å². The van der Waals surface area contributed by atoms with Crippen LogP contribution in [0, 0.1) is 0 Å². The Labute approximate surface area is 155 Å². The van der Waals surface area contributed by atoms with E-state index in [0.29, 0.717) is 23.5 Å². The fraction of sp³-hybridized carbons (Fsp3) is 0.409. The van der Waals surface area contributed by atoms with Crippen molar-refractivity contribution in [2.24, 2.45) is 0 Å². The lowest BCUT2D eigenvalue weighted by Gasteiger charge is -2.13. The molecular weight excluding hydrogens is 328 g/mol. The number of hydrogen-bond acceptors (Lipinski definition) is 4. The molecule has 0 heterocycles. The van der Waals surface area contributed by atoms with E-state index in [1.54, 1.807) is 36.4 Å². The number of carbonyl (C=O) groups is 1. The van der Waals surface area contributed by atoms with Crippen LogP contribution in [0.15, 0.2) is 54.6 Å². The standard InChI is InChI=1S/C22H28O4/c1-2-3-4-8-15-25-16-20(23)17-26-21-13-11-19(12-14-21)22(24)18-9-6-5-7-10-18/h5-7,9-14,20,23H,2-4,8,15-17H2,1H3. The SMILES string of the molecule is CCCCCCOCC(O)COc1ccc(C(=O)c2ccccc2)cc1. The quantitative estimate of drug-likeness (QED) is 0.456. The topological polar surface area (TPSA) is 55.8 Å². The van der Waals surface area contributed by atoms with Crippen molar-refractivity contribution in [3.8, 4) is 5.75 Å². The number of hydrogen-bond donors (Lipinski definition) is 1. The van der Waals surface area contributed by atoms with E-state index >= 15 is 0 Å². The molecule has 2 aromatic rings. The van der Waals surface area contributed by atoms with Gasteiger partial charge in [-0.05, 0) is 30.7 Å². The van der Waals surface area contributed by atoms with E-state index < -0.39 is 6.10 Å². The second-order valence-electron chi connectivity index (χ2n) is 6.32. The zero-order chi connectivity index (χ0) is 18.6. The second-order valence-corrected chi connectivity index (χ2v) is 6.32. The molecule has 0 amide bonds. The summed E-state index contributed by atoms with van der Waals surface area (Å²) in [6.07, 6.45) is 3.95. The van der Waals surface area contributed by atoms with E-state index in [1.807, 2.05) is 18.2 Å². The van der Waals surface area contributed by atoms with Gasteiger partial charge in [0.25, 0.3) is 0 Å². The molecule has 4 nitrogen and oxygen atoms in total. The first-order valence-corrected chi connectivity index (χ1v) is 9.29. The normalized spacial score (nSPS) is 11.9. The van der Waals surface area contributed by atoms with Crippen molar-refractivity contribution in [1.29, 1.82) is 0 Å². The van der Waals surface area contributed by atoms with Crippen LogP contribution in [-0.2, 0) is 4.74 Å². The highest BCUT2D eigenvalue weighted by Gasteiger charge is 2.09. The number of unbranched alkanes of at least 4 members (excludes halogenated alkanes) is 3. The van der Waals surface area contributed by atoms with Crippen LogP contribution in [-0.4, -0.2) is 36.8 Å². The van der Waals surface area contributed by atoms with E-state index in [4.69, 9.17) is 9.47 Å². The Balaban J connectivity index is 1.71. The molecule has 1 N–H and O–H groups in total. The van der Waals surface area contributed by atoms with Crippen molar-refractivity contribution in [1.82, 2.24) is 0 Å². The van der Waals surface area contributed by atoms with Gasteiger partial charge in [0.2, 0.25) is 0 Å². The monoisotopic (exact) mass is 356 g/mol. The lowest BCUT2D eigenvalue weighted by atomic mass is 10.0. The number of aliphatic hydroxyl groups is 1. The number of benzene rings is 2. The van der Waals surface area contributed by atoms with Crippen molar-refractivity contribution in [2.75, 3.05) is 19.8 Å². The fourth-order valence-electron chi connectivity index (χ4n) is 2.55. The van der Waals surface area contributed by atoms with Gasteiger partial charge in [0, 0.05) is 17.7 Å². The summed E-state index contributed by atoms with van der Waals surface area (Å²) in [5, 5.41) is 9.90. The lowest BCUT2D eigenvalue weighted by Crippen LogP contribution is -2.23. The van der Waals surface area contributed by atoms with Crippen LogP contribution < -0.4 is 4.74 Å². The maximum Gasteiger partial charge on any atom is 0.193 e. The van der Waals surface area contributed by atoms with Crippen LogP contribution in [0.25, 0.3) is 0 Å². The van der Waals surface area contributed by atoms with Crippen LogP contribution in [0.2, 0.25) is 0 Å². The van der Waals surface area contributed by atoms with Crippen molar-refractivity contribution < 1.29 is 19.4 Å². The largest absolute Gasteiger partial charge is 0.491 e. The zero-order valence-electron chi connectivity index (χ0n) is 15.4. The van der Waals surface area contributed by atoms with Crippen LogP contribution in [0.5, 0.6) is 5.75 Å². The molecule has 0 aliphatic carbocycles. The zero-order valence-corrected chi connectivity index (χ0v) is 15.4. The van der Waals surface area contributed by atoms with E-state index in [-0.39, 0.29) is 19.0 Å². The van der Waals surface area contributed by atoms with Gasteiger partial charge in [-0.3, -0.25) is 4.79 Å². The molecule has 1 atom stereocenters. The third kappa shape index (κ3) is 6.98. The molecule has 0 saturated heterocycles. The molecule has 0 bridgehead atoms. The van der Waals surface area contributed by atoms with E-state index in [9.17, 15) is 9.90 Å². The summed E-state index contributed by atoms with van der Waals surface area (Å²) in [5.41, 5.74) is 1.27. The minimum atomic E-state index is -0.660. The molecule has 26 heavy (non-hydrogen) atoms. The van der Waals surface area contributed by atoms with Crippen LogP contribution in [0.1, 0.15) is 48.5 Å². The average Bonchev–Trinajstić information content (AvgIpc) is 2.69. The Hall–Kier alpha value is -2.17. The maximum absolute atomic E-state index is 12.3. The Morgan fingerprint density at radius 3 is 2.31 bits per heavy atom. The molecule has 0 radical (unpaired) electrons. The average molecular weight is 356 g/mol. The summed E-state index contributed by atoms with van der Waals surface area (Å²) >= 11 is 0. The second kappa shape index (κ2) is 11.4. The molecule has 2 aromatic carbocycles. The first-order valence-electron chi connectivity index (χ1n) is 9.29. The Morgan fingerprint density at radius 2 is 1.62 bits per heavy atom. The molecule has 0 aliphatic rings. The van der Waals surface area contributed by atoms with Crippen LogP contribution in [0.3, 0.4) is 0 Å². The molecule has 1 unspecified atom stereocenters. The van der Waals surface area contributed by atoms with Gasteiger partial charge in [-0.15, -0.1) is 0 Å². The highest BCUT2D eigenvalue weighted by molar-refractivity contribution is 6.08. The first-order chi connectivity index (χ1) is 12.7. The van der Waals surface area contributed by atoms with Crippen LogP contribution in [0.4, 0.5) is 0 Å². The molecule has 140 valence electrons. The Kier molecular flexibility index (Phi) is 8.87. The third-order valence-electron chi connectivity index (χ3n) is 4.05. The van der Waals surface area contributed by atoms with Gasteiger partial charge in [-0.1, -0.05) is 56.5 Å². The smallest absolute Gasteiger partial charge is 0.193 e. The first kappa shape index (κ1) is 20.1. The third-order valence-corrected chi connectivity index (χ3v) is 4.05. The fourth-order valence-corrected chi connectivity index (χ4v) is 2.55. The summed E-state index contributed by atoms with van der Waals surface area (Å²) in [7, 11) is 0. The maximum atomic E-state index is 12.3. The predicted molar refractivity (Wildman–Crippen MR) is 103 cm³/mol. The lowest BCUT2D eigenvalue weighted by molar-refractivity contribution is 0.0110. The highest BCUT2D eigenvalue weighted by Crippen LogP contribution is 2.15. The molecule has 0 aliphatic heterocycles. The number of carbonyl (C=O) groups excluding carboxylic acids is 1. The van der Waals surface area contributed by atoms with Gasteiger partial charge in [-0.25, -0.2) is 0 Å². The molecule has 4 heteroatoms. The molecule has 2 rings (SSSR count). The number of ether oxygens (including phenoxy) is 2. The molecule has 0 saturated carbocycles. The number of aliphatic hydroxyl groups excluding tert-OH is 1. The van der Waals surface area contributed by atoms with Crippen molar-refractivity contribution in [3.05, 3.63) is 65.7 Å².